The number of carbonyl (C=O) groups is 3. The van der Waals surface area contributed by atoms with Gasteiger partial charge in [0.15, 0.2) is 0 Å². The molecule has 1 aliphatic rings. The van der Waals surface area contributed by atoms with E-state index in [0.717, 1.165) is 17.0 Å². The first-order valence-corrected chi connectivity index (χ1v) is 7.56. The normalized spacial score (nSPS) is 13.5. The molecule has 2 aromatic carbocycles. The molecule has 0 atom stereocenters. The van der Waals surface area contributed by atoms with Gasteiger partial charge in [0.25, 0.3) is 11.8 Å². The molecule has 0 aromatic heterocycles. The van der Waals surface area contributed by atoms with E-state index in [0.29, 0.717) is 0 Å². The minimum absolute atomic E-state index is 0.0453. The van der Waals surface area contributed by atoms with E-state index in [1.165, 1.54) is 30.3 Å². The summed E-state index contributed by atoms with van der Waals surface area (Å²) in [6.07, 6.45) is -4.82. The first kappa shape index (κ1) is 18.2. The molecule has 3 amide bonds. The van der Waals surface area contributed by atoms with Gasteiger partial charge in [0.2, 0.25) is 5.91 Å². The average molecular weight is 379 g/mol. The molecular weight excluding hydrogens is 367 g/mol. The quantitative estimate of drug-likeness (QED) is 0.628. The number of alkyl halides is 3. The Morgan fingerprint density at radius 2 is 1.74 bits per heavy atom. The van der Waals surface area contributed by atoms with Crippen LogP contribution in [0.25, 0.3) is 0 Å². The number of nitrogens with one attached hydrogen (secondary N) is 1. The number of carbonyl (C=O) groups excluding carboxylic acids is 3. The lowest BCUT2D eigenvalue weighted by Gasteiger charge is -2.14. The van der Waals surface area contributed by atoms with Crippen LogP contribution in [0.15, 0.2) is 42.5 Å². The number of halogens is 3. The number of anilines is 2. The number of imide groups is 1. The molecule has 2 aromatic rings. The molecule has 7 nitrogen and oxygen atoms in total. The van der Waals surface area contributed by atoms with Crippen LogP contribution in [0.1, 0.15) is 20.7 Å². The lowest BCUT2D eigenvalue weighted by atomic mass is 10.1. The fraction of sp³-hybridized carbons (Fsp3) is 0.118. The monoisotopic (exact) mass is 379 g/mol. The number of hydrogen-bond acceptors (Lipinski definition) is 5. The minimum Gasteiger partial charge on any atom is -0.406 e. The van der Waals surface area contributed by atoms with E-state index in [1.807, 2.05) is 0 Å². The molecule has 140 valence electrons. The zero-order valence-corrected chi connectivity index (χ0v) is 13.5. The molecule has 0 saturated carbocycles. The van der Waals surface area contributed by atoms with Gasteiger partial charge in [0, 0.05) is 11.4 Å². The maximum Gasteiger partial charge on any atom is 0.573 e. The van der Waals surface area contributed by atoms with E-state index in [-0.39, 0.29) is 22.5 Å². The molecule has 0 unspecified atom stereocenters. The third-order valence-corrected chi connectivity index (χ3v) is 3.70. The van der Waals surface area contributed by atoms with Crippen molar-refractivity contribution in [2.75, 3.05) is 17.6 Å². The summed E-state index contributed by atoms with van der Waals surface area (Å²) >= 11 is 0. The Labute approximate surface area is 150 Å². The van der Waals surface area contributed by atoms with Gasteiger partial charge in [0.1, 0.15) is 12.3 Å². The highest BCUT2D eigenvalue weighted by atomic mass is 19.4. The Morgan fingerprint density at radius 1 is 1.07 bits per heavy atom. The second-order valence-electron chi connectivity index (χ2n) is 5.59. The number of hydrogen-bond donors (Lipinski definition) is 2. The largest absolute Gasteiger partial charge is 0.573 e. The van der Waals surface area contributed by atoms with E-state index in [4.69, 9.17) is 5.73 Å². The maximum absolute atomic E-state index is 12.3. The smallest absolute Gasteiger partial charge is 0.406 e. The molecule has 0 bridgehead atoms. The standard InChI is InChI=1S/C17H12F3N3O4/c18-17(19,20)27-10-6-4-9(5-7-10)22-13(24)8-23-15(25)11-2-1-3-12(21)14(11)16(23)26/h1-7H,8,21H2,(H,22,24). The van der Waals surface area contributed by atoms with Gasteiger partial charge >= 0.3 is 6.36 Å². The fourth-order valence-corrected chi connectivity index (χ4v) is 2.59. The second-order valence-corrected chi connectivity index (χ2v) is 5.59. The molecule has 10 heteroatoms. The summed E-state index contributed by atoms with van der Waals surface area (Å²) in [5.74, 6) is -2.48. The van der Waals surface area contributed by atoms with Crippen LogP contribution in [0.2, 0.25) is 0 Å². The molecule has 0 spiro atoms. The summed E-state index contributed by atoms with van der Waals surface area (Å²) in [4.78, 5) is 37.4. The summed E-state index contributed by atoms with van der Waals surface area (Å²) in [5, 5.41) is 2.39. The number of benzene rings is 2. The second kappa shape index (κ2) is 6.63. The Bertz CT molecular complexity index is 926. The Morgan fingerprint density at radius 3 is 2.33 bits per heavy atom. The van der Waals surface area contributed by atoms with Crippen LogP contribution in [0.3, 0.4) is 0 Å². The van der Waals surface area contributed by atoms with Crippen LogP contribution >= 0.6 is 0 Å². The summed E-state index contributed by atoms with van der Waals surface area (Å²) in [5.41, 5.74) is 6.17. The number of ether oxygens (including phenoxy) is 1. The summed E-state index contributed by atoms with van der Waals surface area (Å²) in [7, 11) is 0. The zero-order valence-electron chi connectivity index (χ0n) is 13.5. The number of fused-ring (bicyclic) bond motifs is 1. The molecule has 27 heavy (non-hydrogen) atoms. The number of nitrogens with zero attached hydrogens (tertiary/aromatic N) is 1. The van der Waals surface area contributed by atoms with Crippen molar-refractivity contribution in [3.8, 4) is 5.75 Å². The van der Waals surface area contributed by atoms with Crippen molar-refractivity contribution >= 4 is 29.1 Å². The molecular formula is C17H12F3N3O4. The van der Waals surface area contributed by atoms with Gasteiger partial charge < -0.3 is 15.8 Å². The number of nitrogen functional groups attached to an aromatic ring is 1. The van der Waals surface area contributed by atoms with Gasteiger partial charge in [0.05, 0.1) is 11.1 Å². The van der Waals surface area contributed by atoms with Crippen LogP contribution in [-0.4, -0.2) is 35.5 Å². The molecule has 3 N–H and O–H groups in total. The van der Waals surface area contributed by atoms with E-state index in [9.17, 15) is 27.6 Å². The van der Waals surface area contributed by atoms with Crippen molar-refractivity contribution in [1.29, 1.82) is 0 Å². The Hall–Kier alpha value is -3.56. The minimum atomic E-state index is -4.82. The molecule has 0 fully saturated rings. The number of amides is 3. The summed E-state index contributed by atoms with van der Waals surface area (Å²) in [6.45, 7) is -0.563. The van der Waals surface area contributed by atoms with Crippen LogP contribution in [0, 0.1) is 0 Å². The Kier molecular flexibility index (Phi) is 4.48. The summed E-state index contributed by atoms with van der Waals surface area (Å²) in [6, 6.07) is 8.85. The van der Waals surface area contributed by atoms with Crippen molar-refractivity contribution in [2.24, 2.45) is 0 Å². The molecule has 3 rings (SSSR count). The molecule has 1 aliphatic heterocycles. The van der Waals surface area contributed by atoms with Crippen LogP contribution < -0.4 is 15.8 Å². The number of rotatable bonds is 4. The van der Waals surface area contributed by atoms with Crippen molar-refractivity contribution < 1.29 is 32.3 Å². The van der Waals surface area contributed by atoms with Gasteiger partial charge in [-0.2, -0.15) is 0 Å². The molecule has 1 heterocycles. The first-order chi connectivity index (χ1) is 12.7. The fourth-order valence-electron chi connectivity index (χ4n) is 2.59. The molecule has 0 radical (unpaired) electrons. The molecule has 0 saturated heterocycles. The van der Waals surface area contributed by atoms with E-state index < -0.39 is 36.4 Å². The predicted octanol–water partition coefficient (Wildman–Crippen LogP) is 2.40. The van der Waals surface area contributed by atoms with Gasteiger partial charge in [-0.15, -0.1) is 13.2 Å². The van der Waals surface area contributed by atoms with Crippen molar-refractivity contribution in [2.45, 2.75) is 6.36 Å². The van der Waals surface area contributed by atoms with Gasteiger partial charge in [-0.3, -0.25) is 19.3 Å². The first-order valence-electron chi connectivity index (χ1n) is 7.56. The van der Waals surface area contributed by atoms with Crippen LogP contribution in [-0.2, 0) is 4.79 Å². The third-order valence-electron chi connectivity index (χ3n) is 3.70. The SMILES string of the molecule is Nc1cccc2c1C(=O)N(CC(=O)Nc1ccc(OC(F)(F)F)cc1)C2=O. The third kappa shape index (κ3) is 3.84. The highest BCUT2D eigenvalue weighted by Gasteiger charge is 2.38. The zero-order chi connectivity index (χ0) is 19.8. The predicted molar refractivity (Wildman–Crippen MR) is 88.0 cm³/mol. The average Bonchev–Trinajstić information content (AvgIpc) is 2.81. The number of nitrogens with two attached hydrogens (primary N) is 1. The van der Waals surface area contributed by atoms with Gasteiger partial charge in [-0.05, 0) is 36.4 Å². The van der Waals surface area contributed by atoms with E-state index in [2.05, 4.69) is 10.1 Å². The van der Waals surface area contributed by atoms with Crippen molar-refractivity contribution in [1.82, 2.24) is 4.90 Å². The van der Waals surface area contributed by atoms with Crippen molar-refractivity contribution in [3.05, 3.63) is 53.6 Å². The van der Waals surface area contributed by atoms with E-state index >= 15 is 0 Å². The van der Waals surface area contributed by atoms with Crippen molar-refractivity contribution in [3.63, 3.8) is 0 Å². The Balaban J connectivity index is 1.66. The summed E-state index contributed by atoms with van der Waals surface area (Å²) < 4.78 is 40.1. The van der Waals surface area contributed by atoms with Gasteiger partial charge in [-0.25, -0.2) is 0 Å². The maximum atomic E-state index is 12.3. The highest BCUT2D eigenvalue weighted by molar-refractivity contribution is 6.24. The lowest BCUT2D eigenvalue weighted by molar-refractivity contribution is -0.274. The highest BCUT2D eigenvalue weighted by Crippen LogP contribution is 2.27. The van der Waals surface area contributed by atoms with E-state index in [1.54, 1.807) is 0 Å². The van der Waals surface area contributed by atoms with Crippen LogP contribution in [0.5, 0.6) is 5.75 Å². The molecule has 0 aliphatic carbocycles. The van der Waals surface area contributed by atoms with Crippen LogP contribution in [0.4, 0.5) is 24.5 Å². The lowest BCUT2D eigenvalue weighted by Crippen LogP contribution is -2.37. The topological polar surface area (TPSA) is 102 Å². The van der Waals surface area contributed by atoms with Gasteiger partial charge in [-0.1, -0.05) is 6.07 Å².